The lowest BCUT2D eigenvalue weighted by Crippen LogP contribution is -2.28. The number of likely N-dealkylation sites (tertiary alicyclic amines) is 1. The maximum absolute atomic E-state index is 5.48. The summed E-state index contributed by atoms with van der Waals surface area (Å²) in [4.78, 5) is 14.4. The van der Waals surface area contributed by atoms with E-state index in [1.54, 1.807) is 12.4 Å². The number of hydrogen-bond acceptors (Lipinski definition) is 4. The van der Waals surface area contributed by atoms with E-state index in [2.05, 4.69) is 19.9 Å². The van der Waals surface area contributed by atoms with Gasteiger partial charge in [-0.1, -0.05) is 0 Å². The summed E-state index contributed by atoms with van der Waals surface area (Å²) in [6.45, 7) is 2.16. The average Bonchev–Trinajstić information content (AvgIpc) is 2.30. The van der Waals surface area contributed by atoms with Crippen LogP contribution in [0.3, 0.4) is 0 Å². The summed E-state index contributed by atoms with van der Waals surface area (Å²) in [5, 5.41) is 0. The molecule has 1 aromatic heterocycles. The Labute approximate surface area is 89.0 Å². The van der Waals surface area contributed by atoms with Gasteiger partial charge in [0.2, 0.25) is 0 Å². The molecule has 0 bridgehead atoms. The minimum Gasteiger partial charge on any atom is -0.396 e. The highest BCUT2D eigenvalue weighted by Gasteiger charge is 2.05. The molecule has 0 atom stereocenters. The standard InChI is InChI=1S/C10H15N5/c11-9-6-12-10(13-7-9)14-8-15-4-2-1-3-5-15/h6-8H,1-5,11H2. The molecule has 15 heavy (non-hydrogen) atoms. The van der Waals surface area contributed by atoms with Crippen LogP contribution in [0.1, 0.15) is 19.3 Å². The largest absolute Gasteiger partial charge is 0.396 e. The van der Waals surface area contributed by atoms with E-state index in [4.69, 9.17) is 5.73 Å². The second-order valence-electron chi connectivity index (χ2n) is 3.66. The molecule has 80 valence electrons. The van der Waals surface area contributed by atoms with E-state index in [0.29, 0.717) is 11.6 Å². The Balaban J connectivity index is 1.95. The lowest BCUT2D eigenvalue weighted by Gasteiger charge is -2.23. The number of anilines is 1. The zero-order valence-electron chi connectivity index (χ0n) is 8.63. The number of nitrogen functional groups attached to an aromatic ring is 1. The van der Waals surface area contributed by atoms with E-state index in [9.17, 15) is 0 Å². The van der Waals surface area contributed by atoms with E-state index in [-0.39, 0.29) is 0 Å². The van der Waals surface area contributed by atoms with Crippen molar-refractivity contribution in [3.8, 4) is 0 Å². The Morgan fingerprint density at radius 2 is 1.87 bits per heavy atom. The molecule has 1 aliphatic rings. The smallest absolute Gasteiger partial charge is 0.250 e. The average molecular weight is 205 g/mol. The van der Waals surface area contributed by atoms with Crippen LogP contribution in [-0.2, 0) is 0 Å². The molecule has 0 radical (unpaired) electrons. The summed E-state index contributed by atoms with van der Waals surface area (Å²) in [6, 6.07) is 0. The van der Waals surface area contributed by atoms with Crippen molar-refractivity contribution in [3.05, 3.63) is 12.4 Å². The van der Waals surface area contributed by atoms with Gasteiger partial charge in [-0.05, 0) is 19.3 Å². The van der Waals surface area contributed by atoms with Gasteiger partial charge in [0.25, 0.3) is 5.95 Å². The summed E-state index contributed by atoms with van der Waals surface area (Å²) in [5.74, 6) is 0.467. The molecular weight excluding hydrogens is 190 g/mol. The van der Waals surface area contributed by atoms with Crippen molar-refractivity contribution in [2.75, 3.05) is 18.8 Å². The lowest BCUT2D eigenvalue weighted by molar-refractivity contribution is 0.351. The summed E-state index contributed by atoms with van der Waals surface area (Å²) in [6.07, 6.45) is 8.77. The van der Waals surface area contributed by atoms with Gasteiger partial charge in [0.05, 0.1) is 24.4 Å². The maximum atomic E-state index is 5.48. The van der Waals surface area contributed by atoms with Crippen LogP contribution in [0.2, 0.25) is 0 Å². The molecule has 1 aliphatic heterocycles. The highest BCUT2D eigenvalue weighted by molar-refractivity contribution is 5.58. The number of nitrogens with two attached hydrogens (primary N) is 1. The van der Waals surface area contributed by atoms with Gasteiger partial charge < -0.3 is 10.6 Å². The van der Waals surface area contributed by atoms with Crippen molar-refractivity contribution in [3.63, 3.8) is 0 Å². The molecule has 5 nitrogen and oxygen atoms in total. The Bertz CT molecular complexity index is 326. The molecule has 0 unspecified atom stereocenters. The minimum atomic E-state index is 0.467. The van der Waals surface area contributed by atoms with Gasteiger partial charge in [-0.15, -0.1) is 0 Å². The van der Waals surface area contributed by atoms with Gasteiger partial charge in [0.1, 0.15) is 0 Å². The highest BCUT2D eigenvalue weighted by atomic mass is 15.2. The zero-order chi connectivity index (χ0) is 10.5. The van der Waals surface area contributed by atoms with Gasteiger partial charge in [-0.25, -0.2) is 15.0 Å². The summed E-state index contributed by atoms with van der Waals surface area (Å²) < 4.78 is 0. The molecule has 5 heteroatoms. The SMILES string of the molecule is Nc1cnc(N=CN2CCCCC2)nc1. The minimum absolute atomic E-state index is 0.467. The second-order valence-corrected chi connectivity index (χ2v) is 3.66. The van der Waals surface area contributed by atoms with Crippen molar-refractivity contribution in [1.29, 1.82) is 0 Å². The fourth-order valence-corrected chi connectivity index (χ4v) is 1.57. The fourth-order valence-electron chi connectivity index (χ4n) is 1.57. The fraction of sp³-hybridized carbons (Fsp3) is 0.500. The molecule has 0 aromatic carbocycles. The molecule has 0 saturated carbocycles. The predicted molar refractivity (Wildman–Crippen MR) is 60.0 cm³/mol. The number of hydrogen-bond donors (Lipinski definition) is 1. The van der Waals surface area contributed by atoms with Crippen LogP contribution in [0.5, 0.6) is 0 Å². The number of piperidine rings is 1. The number of rotatable bonds is 2. The van der Waals surface area contributed by atoms with Crippen LogP contribution in [0.4, 0.5) is 11.6 Å². The van der Waals surface area contributed by atoms with Crippen LogP contribution >= 0.6 is 0 Å². The quantitative estimate of drug-likeness (QED) is 0.582. The monoisotopic (exact) mass is 205 g/mol. The molecule has 0 spiro atoms. The first-order chi connectivity index (χ1) is 7.34. The summed E-state index contributed by atoms with van der Waals surface area (Å²) in [5.41, 5.74) is 6.04. The molecule has 1 aromatic rings. The molecular formula is C10H15N5. The Kier molecular flexibility index (Phi) is 3.11. The van der Waals surface area contributed by atoms with E-state index in [1.165, 1.54) is 19.3 Å². The number of aromatic nitrogens is 2. The first-order valence-electron chi connectivity index (χ1n) is 5.20. The van der Waals surface area contributed by atoms with Crippen LogP contribution in [0, 0.1) is 0 Å². The molecule has 0 amide bonds. The van der Waals surface area contributed by atoms with Gasteiger partial charge in [-0.3, -0.25) is 0 Å². The number of aliphatic imine (C=N–C) groups is 1. The van der Waals surface area contributed by atoms with E-state index in [1.807, 2.05) is 6.34 Å². The Morgan fingerprint density at radius 1 is 1.20 bits per heavy atom. The normalized spacial score (nSPS) is 17.2. The van der Waals surface area contributed by atoms with E-state index < -0.39 is 0 Å². The Morgan fingerprint density at radius 3 is 2.53 bits per heavy atom. The van der Waals surface area contributed by atoms with Crippen LogP contribution < -0.4 is 5.73 Å². The third kappa shape index (κ3) is 2.90. The van der Waals surface area contributed by atoms with Crippen molar-refractivity contribution >= 4 is 18.0 Å². The van der Waals surface area contributed by atoms with Gasteiger partial charge in [0.15, 0.2) is 0 Å². The van der Waals surface area contributed by atoms with Crippen molar-refractivity contribution in [2.24, 2.45) is 4.99 Å². The summed E-state index contributed by atoms with van der Waals surface area (Å²) in [7, 11) is 0. The van der Waals surface area contributed by atoms with Crippen LogP contribution in [-0.4, -0.2) is 34.3 Å². The summed E-state index contributed by atoms with van der Waals surface area (Å²) >= 11 is 0. The third-order valence-corrected chi connectivity index (χ3v) is 2.39. The maximum Gasteiger partial charge on any atom is 0.250 e. The predicted octanol–water partition coefficient (Wildman–Crippen LogP) is 1.20. The van der Waals surface area contributed by atoms with Gasteiger partial charge in [-0.2, -0.15) is 0 Å². The van der Waals surface area contributed by atoms with E-state index >= 15 is 0 Å². The molecule has 1 fully saturated rings. The number of nitrogens with zero attached hydrogens (tertiary/aromatic N) is 4. The van der Waals surface area contributed by atoms with Crippen molar-refractivity contribution in [2.45, 2.75) is 19.3 Å². The van der Waals surface area contributed by atoms with Gasteiger partial charge >= 0.3 is 0 Å². The lowest BCUT2D eigenvalue weighted by atomic mass is 10.1. The first-order valence-corrected chi connectivity index (χ1v) is 5.20. The zero-order valence-corrected chi connectivity index (χ0v) is 8.63. The van der Waals surface area contributed by atoms with Crippen molar-refractivity contribution < 1.29 is 0 Å². The molecule has 1 saturated heterocycles. The van der Waals surface area contributed by atoms with Gasteiger partial charge in [0, 0.05) is 13.1 Å². The molecule has 0 aliphatic carbocycles. The van der Waals surface area contributed by atoms with Crippen molar-refractivity contribution in [1.82, 2.24) is 14.9 Å². The topological polar surface area (TPSA) is 67.4 Å². The van der Waals surface area contributed by atoms with Crippen LogP contribution in [0.15, 0.2) is 17.4 Å². The Hall–Kier alpha value is -1.65. The molecule has 2 heterocycles. The second kappa shape index (κ2) is 4.72. The first kappa shape index (κ1) is 9.89. The highest BCUT2D eigenvalue weighted by Crippen LogP contribution is 2.08. The third-order valence-electron chi connectivity index (χ3n) is 2.39. The molecule has 2 rings (SSSR count). The van der Waals surface area contributed by atoms with E-state index in [0.717, 1.165) is 13.1 Å². The molecule has 2 N–H and O–H groups in total. The van der Waals surface area contributed by atoms with Crippen LogP contribution in [0.25, 0.3) is 0 Å².